The summed E-state index contributed by atoms with van der Waals surface area (Å²) in [5.74, 6) is 0. The van der Waals surface area contributed by atoms with Crippen LogP contribution in [0.15, 0.2) is 18.2 Å². The monoisotopic (exact) mass is 338 g/mol. The summed E-state index contributed by atoms with van der Waals surface area (Å²) in [5.41, 5.74) is -2.91. The lowest BCUT2D eigenvalue weighted by atomic mass is 9.95. The van der Waals surface area contributed by atoms with Crippen LogP contribution in [0.1, 0.15) is 35.6 Å². The minimum Gasteiger partial charge on any atom is -0.329 e. The van der Waals surface area contributed by atoms with Gasteiger partial charge in [0.25, 0.3) is 0 Å². The van der Waals surface area contributed by atoms with E-state index in [-0.39, 0.29) is 11.6 Å². The van der Waals surface area contributed by atoms with Crippen LogP contribution in [0.5, 0.6) is 0 Å². The van der Waals surface area contributed by atoms with Crippen molar-refractivity contribution >= 4 is 6.03 Å². The molecule has 0 radical (unpaired) electrons. The molecule has 0 bridgehead atoms. The van der Waals surface area contributed by atoms with Crippen LogP contribution >= 0.6 is 0 Å². The molecular formula is C14H12F6N2O. The number of rotatable bonds is 1. The van der Waals surface area contributed by atoms with Gasteiger partial charge in [0.1, 0.15) is 0 Å². The van der Waals surface area contributed by atoms with Crippen molar-refractivity contribution in [3.63, 3.8) is 0 Å². The molecule has 1 aromatic carbocycles. The average molecular weight is 338 g/mol. The van der Waals surface area contributed by atoms with E-state index in [1.54, 1.807) is 0 Å². The summed E-state index contributed by atoms with van der Waals surface area (Å²) >= 11 is 0. The number of fused-ring (bicyclic) bond motifs is 1. The Hall–Kier alpha value is -1.93. The number of hydrogen-bond acceptors (Lipinski definition) is 1. The van der Waals surface area contributed by atoms with E-state index in [9.17, 15) is 31.1 Å². The van der Waals surface area contributed by atoms with Crippen LogP contribution in [-0.2, 0) is 12.4 Å². The van der Waals surface area contributed by atoms with E-state index in [0.717, 1.165) is 0 Å². The predicted molar refractivity (Wildman–Crippen MR) is 67.4 cm³/mol. The molecule has 0 saturated carbocycles. The predicted octanol–water partition coefficient (Wildman–Crippen LogP) is 3.95. The van der Waals surface area contributed by atoms with Crippen molar-refractivity contribution in [1.29, 1.82) is 0 Å². The first-order valence-electron chi connectivity index (χ1n) is 6.94. The van der Waals surface area contributed by atoms with E-state index in [1.165, 1.54) is 4.90 Å². The Morgan fingerprint density at radius 3 is 2.09 bits per heavy atom. The van der Waals surface area contributed by atoms with Crippen molar-refractivity contribution in [2.75, 3.05) is 6.54 Å². The Morgan fingerprint density at radius 1 is 1.00 bits per heavy atom. The van der Waals surface area contributed by atoms with Gasteiger partial charge in [0.05, 0.1) is 23.2 Å². The summed E-state index contributed by atoms with van der Waals surface area (Å²) in [6, 6.07) is -0.277. The van der Waals surface area contributed by atoms with Crippen LogP contribution in [0.25, 0.3) is 0 Å². The first-order chi connectivity index (χ1) is 10.6. The Morgan fingerprint density at radius 2 is 1.57 bits per heavy atom. The molecule has 2 saturated heterocycles. The Balaban J connectivity index is 2.06. The molecule has 9 heteroatoms. The fourth-order valence-corrected chi connectivity index (χ4v) is 3.17. The molecule has 3 nitrogen and oxygen atoms in total. The lowest BCUT2D eigenvalue weighted by molar-refractivity contribution is -0.143. The quantitative estimate of drug-likeness (QED) is 0.773. The zero-order valence-corrected chi connectivity index (χ0v) is 11.6. The third-order valence-electron chi connectivity index (χ3n) is 4.19. The van der Waals surface area contributed by atoms with Crippen LogP contribution < -0.4 is 5.32 Å². The van der Waals surface area contributed by atoms with Gasteiger partial charge in [-0.3, -0.25) is 0 Å². The van der Waals surface area contributed by atoms with E-state index in [4.69, 9.17) is 0 Å². The second-order valence-corrected chi connectivity index (χ2v) is 5.67. The van der Waals surface area contributed by atoms with Gasteiger partial charge in [0.15, 0.2) is 0 Å². The van der Waals surface area contributed by atoms with Gasteiger partial charge in [-0.15, -0.1) is 0 Å². The van der Waals surface area contributed by atoms with Crippen molar-refractivity contribution in [2.24, 2.45) is 0 Å². The smallest absolute Gasteiger partial charge is 0.329 e. The number of urea groups is 1. The molecular weight excluding hydrogens is 326 g/mol. The zero-order chi connectivity index (χ0) is 17.0. The van der Waals surface area contributed by atoms with Crippen LogP contribution in [0.2, 0.25) is 0 Å². The standard InChI is InChI=1S/C14H12F6N2O/c15-13(16,17)8-4-7(5-9(6-8)14(18,19)20)11-10-2-1-3-22(10)12(23)21-11/h4-6,10-11H,1-3H2,(H,21,23)/t10?,11-/m1/s1. The van der Waals surface area contributed by atoms with E-state index < -0.39 is 41.6 Å². The van der Waals surface area contributed by atoms with Crippen molar-refractivity contribution in [1.82, 2.24) is 10.2 Å². The van der Waals surface area contributed by atoms with E-state index in [0.29, 0.717) is 31.5 Å². The fraction of sp³-hybridized carbons (Fsp3) is 0.500. The number of carbonyl (C=O) groups excluding carboxylic acids is 1. The topological polar surface area (TPSA) is 32.3 Å². The van der Waals surface area contributed by atoms with Crippen LogP contribution in [0, 0.1) is 0 Å². The molecule has 2 atom stereocenters. The van der Waals surface area contributed by atoms with E-state index in [2.05, 4.69) is 5.32 Å². The van der Waals surface area contributed by atoms with Gasteiger partial charge in [0, 0.05) is 6.54 Å². The highest BCUT2D eigenvalue weighted by Gasteiger charge is 2.44. The molecule has 23 heavy (non-hydrogen) atoms. The molecule has 2 fully saturated rings. The number of carbonyl (C=O) groups is 1. The van der Waals surface area contributed by atoms with Crippen molar-refractivity contribution < 1.29 is 31.1 Å². The molecule has 2 amide bonds. The van der Waals surface area contributed by atoms with E-state index in [1.807, 2.05) is 0 Å². The van der Waals surface area contributed by atoms with Crippen molar-refractivity contribution in [2.45, 2.75) is 37.3 Å². The molecule has 2 aliphatic rings. The normalized spacial score (nSPS) is 24.8. The van der Waals surface area contributed by atoms with Gasteiger partial charge in [-0.1, -0.05) is 0 Å². The maximum Gasteiger partial charge on any atom is 0.416 e. The molecule has 2 heterocycles. The number of hydrogen-bond donors (Lipinski definition) is 1. The minimum atomic E-state index is -4.89. The summed E-state index contributed by atoms with van der Waals surface area (Å²) in [7, 11) is 0. The molecule has 1 N–H and O–H groups in total. The van der Waals surface area contributed by atoms with Crippen molar-refractivity contribution in [3.8, 4) is 0 Å². The lowest BCUT2D eigenvalue weighted by Crippen LogP contribution is -2.28. The lowest BCUT2D eigenvalue weighted by Gasteiger charge is -2.21. The fourth-order valence-electron chi connectivity index (χ4n) is 3.17. The van der Waals surface area contributed by atoms with Crippen LogP contribution in [-0.4, -0.2) is 23.5 Å². The average Bonchev–Trinajstić information content (AvgIpc) is 3.01. The van der Waals surface area contributed by atoms with Gasteiger partial charge in [-0.25, -0.2) is 4.79 Å². The van der Waals surface area contributed by atoms with Crippen LogP contribution in [0.4, 0.5) is 31.1 Å². The summed E-state index contributed by atoms with van der Waals surface area (Å²) in [6.45, 7) is 0.456. The highest BCUT2D eigenvalue weighted by Crippen LogP contribution is 2.40. The third-order valence-corrected chi connectivity index (χ3v) is 4.19. The van der Waals surface area contributed by atoms with Gasteiger partial charge in [-0.2, -0.15) is 26.3 Å². The van der Waals surface area contributed by atoms with Gasteiger partial charge < -0.3 is 10.2 Å². The first kappa shape index (κ1) is 15.9. The number of benzene rings is 1. The molecule has 126 valence electrons. The Kier molecular flexibility index (Phi) is 3.49. The highest BCUT2D eigenvalue weighted by molar-refractivity contribution is 5.78. The number of amides is 2. The third kappa shape index (κ3) is 2.84. The molecule has 3 rings (SSSR count). The Bertz CT molecular complexity index is 607. The van der Waals surface area contributed by atoms with E-state index >= 15 is 0 Å². The number of nitrogens with zero attached hydrogens (tertiary/aromatic N) is 1. The summed E-state index contributed by atoms with van der Waals surface area (Å²) in [6.07, 6.45) is -8.57. The summed E-state index contributed by atoms with van der Waals surface area (Å²) in [5, 5.41) is 2.48. The summed E-state index contributed by atoms with van der Waals surface area (Å²) in [4.78, 5) is 13.2. The first-order valence-corrected chi connectivity index (χ1v) is 6.94. The second-order valence-electron chi connectivity index (χ2n) is 5.67. The Labute approximate surface area is 127 Å². The van der Waals surface area contributed by atoms with Crippen molar-refractivity contribution in [3.05, 3.63) is 34.9 Å². The number of nitrogens with one attached hydrogen (secondary N) is 1. The maximum atomic E-state index is 12.9. The molecule has 2 aliphatic heterocycles. The molecule has 0 aliphatic carbocycles. The number of alkyl halides is 6. The van der Waals surface area contributed by atoms with Gasteiger partial charge in [0.2, 0.25) is 0 Å². The number of halogens is 6. The van der Waals surface area contributed by atoms with Crippen LogP contribution in [0.3, 0.4) is 0 Å². The van der Waals surface area contributed by atoms with Gasteiger partial charge in [-0.05, 0) is 36.6 Å². The molecule has 1 aromatic rings. The molecule has 0 spiro atoms. The SMILES string of the molecule is O=C1N[C@H](c2cc(C(F)(F)F)cc(C(F)(F)F)c2)C2CCCN12. The maximum absolute atomic E-state index is 12.9. The minimum absolute atomic E-state index is 0.0900. The summed E-state index contributed by atoms with van der Waals surface area (Å²) < 4.78 is 77.4. The molecule has 1 unspecified atom stereocenters. The highest BCUT2D eigenvalue weighted by atomic mass is 19.4. The second kappa shape index (κ2) is 5.04. The molecule has 0 aromatic heterocycles. The zero-order valence-electron chi connectivity index (χ0n) is 11.6. The van der Waals surface area contributed by atoms with Gasteiger partial charge >= 0.3 is 18.4 Å². The largest absolute Gasteiger partial charge is 0.416 e.